The summed E-state index contributed by atoms with van der Waals surface area (Å²) in [6, 6.07) is 10.2. The molecule has 1 fully saturated rings. The predicted molar refractivity (Wildman–Crippen MR) is 113 cm³/mol. The number of thiophene rings is 1. The zero-order chi connectivity index (χ0) is 21.0. The van der Waals surface area contributed by atoms with Crippen molar-refractivity contribution in [3.8, 4) is 0 Å². The van der Waals surface area contributed by atoms with Crippen LogP contribution in [0.2, 0.25) is 0 Å². The van der Waals surface area contributed by atoms with Crippen molar-refractivity contribution >= 4 is 38.2 Å². The Morgan fingerprint density at radius 1 is 1.14 bits per heavy atom. The van der Waals surface area contributed by atoms with E-state index < -0.39 is 22.0 Å². The van der Waals surface area contributed by atoms with Crippen molar-refractivity contribution in [2.45, 2.75) is 18.7 Å². The number of nitrogens with one attached hydrogen (secondary N) is 1. The van der Waals surface area contributed by atoms with Gasteiger partial charge < -0.3 is 11.1 Å². The Hall–Kier alpha value is -2.27. The molecule has 3 rings (SSSR count). The van der Waals surface area contributed by atoms with Gasteiger partial charge in [0.25, 0.3) is 5.91 Å². The van der Waals surface area contributed by atoms with Crippen molar-refractivity contribution in [1.82, 2.24) is 9.21 Å². The minimum atomic E-state index is -3.41. The molecule has 1 aliphatic heterocycles. The summed E-state index contributed by atoms with van der Waals surface area (Å²) >= 11 is 1.24. The van der Waals surface area contributed by atoms with E-state index >= 15 is 0 Å². The van der Waals surface area contributed by atoms with E-state index in [1.165, 1.54) is 15.6 Å². The molecule has 0 unspecified atom stereocenters. The Bertz CT molecular complexity index is 967. The summed E-state index contributed by atoms with van der Waals surface area (Å²) < 4.78 is 26.8. The van der Waals surface area contributed by atoms with Gasteiger partial charge in [-0.1, -0.05) is 30.3 Å². The molecule has 2 aromatic rings. The average molecular weight is 437 g/mol. The van der Waals surface area contributed by atoms with Crippen molar-refractivity contribution < 1.29 is 18.0 Å². The summed E-state index contributed by atoms with van der Waals surface area (Å²) in [6.45, 7) is 3.34. The molecule has 0 radical (unpaired) electrons. The van der Waals surface area contributed by atoms with Crippen LogP contribution in [0.4, 0.5) is 5.00 Å². The summed E-state index contributed by atoms with van der Waals surface area (Å²) in [5.41, 5.74) is 6.35. The molecule has 0 saturated carbocycles. The second kappa shape index (κ2) is 9.04. The van der Waals surface area contributed by atoms with Crippen LogP contribution >= 0.6 is 11.3 Å². The number of nitrogens with two attached hydrogens (primary N) is 1. The topological polar surface area (TPSA) is 113 Å². The molecule has 1 aromatic carbocycles. The predicted octanol–water partition coefficient (Wildman–Crippen LogP) is 1.32. The lowest BCUT2D eigenvalue weighted by atomic mass is 10.2. The first-order chi connectivity index (χ1) is 13.8. The molecule has 8 nitrogen and oxygen atoms in total. The number of nitrogens with zero attached hydrogens (tertiary/aromatic N) is 2. The minimum Gasteiger partial charge on any atom is -0.366 e. The monoisotopic (exact) mass is 436 g/mol. The average Bonchev–Trinajstić information content (AvgIpc) is 3.16. The molecule has 0 bridgehead atoms. The van der Waals surface area contributed by atoms with Gasteiger partial charge in [0.1, 0.15) is 5.00 Å². The maximum Gasteiger partial charge on any atom is 0.251 e. The van der Waals surface area contributed by atoms with Crippen LogP contribution in [0.1, 0.15) is 22.8 Å². The Labute approximate surface area is 174 Å². The summed E-state index contributed by atoms with van der Waals surface area (Å²) in [7, 11) is -3.41. The van der Waals surface area contributed by atoms with Crippen molar-refractivity contribution in [3.05, 3.63) is 52.9 Å². The van der Waals surface area contributed by atoms with Crippen molar-refractivity contribution in [2.75, 3.05) is 31.5 Å². The molecule has 156 valence electrons. The van der Waals surface area contributed by atoms with Gasteiger partial charge in [-0.3, -0.25) is 14.5 Å². The lowest BCUT2D eigenvalue weighted by Crippen LogP contribution is -2.54. The van der Waals surface area contributed by atoms with E-state index in [1.807, 2.05) is 23.1 Å². The van der Waals surface area contributed by atoms with Gasteiger partial charge in [-0.2, -0.15) is 4.31 Å². The highest BCUT2D eigenvalue weighted by molar-refractivity contribution is 7.88. The summed E-state index contributed by atoms with van der Waals surface area (Å²) in [4.78, 5) is 25.9. The number of carbonyl (C=O) groups is 2. The quantitative estimate of drug-likeness (QED) is 0.680. The van der Waals surface area contributed by atoms with Gasteiger partial charge >= 0.3 is 0 Å². The van der Waals surface area contributed by atoms with Crippen LogP contribution in [0.15, 0.2) is 41.8 Å². The number of hydrogen-bond donors (Lipinski definition) is 2. The molecule has 1 atom stereocenters. The Morgan fingerprint density at radius 3 is 2.41 bits per heavy atom. The fourth-order valence-corrected chi connectivity index (χ4v) is 5.54. The molecule has 1 saturated heterocycles. The van der Waals surface area contributed by atoms with E-state index in [4.69, 9.17) is 5.73 Å². The fourth-order valence-electron chi connectivity index (χ4n) is 3.23. The molecule has 3 N–H and O–H groups in total. The van der Waals surface area contributed by atoms with Crippen LogP contribution < -0.4 is 11.1 Å². The van der Waals surface area contributed by atoms with Crippen molar-refractivity contribution in [2.24, 2.45) is 5.73 Å². The van der Waals surface area contributed by atoms with Gasteiger partial charge in [0, 0.05) is 26.2 Å². The number of carbonyl (C=O) groups excluding carboxylic acids is 2. The smallest absolute Gasteiger partial charge is 0.251 e. The molecule has 29 heavy (non-hydrogen) atoms. The summed E-state index contributed by atoms with van der Waals surface area (Å²) in [6.07, 6.45) is 0. The normalized spacial score (nSPS) is 17.0. The standard InChI is InChI=1S/C19H24N4O4S2/c1-14(18(25)21-19-16(17(20)24)7-12-28-19)22-8-10-23(11-9-22)29(26,27)13-15-5-3-2-4-6-15/h2-7,12,14H,8-11,13H2,1H3,(H2,20,24)(H,21,25)/t14-/m0/s1. The van der Waals surface area contributed by atoms with Crippen LogP contribution in [0, 0.1) is 0 Å². The molecular weight excluding hydrogens is 412 g/mol. The van der Waals surface area contributed by atoms with Gasteiger partial charge in [-0.15, -0.1) is 11.3 Å². The molecule has 0 aliphatic carbocycles. The first-order valence-corrected chi connectivity index (χ1v) is 11.7. The number of rotatable bonds is 7. The first kappa shape index (κ1) is 21.4. The number of benzene rings is 1. The lowest BCUT2D eigenvalue weighted by molar-refractivity contribution is -0.121. The van der Waals surface area contributed by atoms with E-state index in [0.717, 1.165) is 5.56 Å². The van der Waals surface area contributed by atoms with Crippen molar-refractivity contribution in [1.29, 1.82) is 0 Å². The second-order valence-corrected chi connectivity index (χ2v) is 9.75. The summed E-state index contributed by atoms with van der Waals surface area (Å²) in [5, 5.41) is 4.87. The van der Waals surface area contributed by atoms with Crippen LogP contribution in [0.3, 0.4) is 0 Å². The molecule has 0 spiro atoms. The second-order valence-electron chi connectivity index (χ2n) is 6.87. The largest absolute Gasteiger partial charge is 0.366 e. The maximum absolute atomic E-state index is 12.7. The van der Waals surface area contributed by atoms with E-state index in [2.05, 4.69) is 5.32 Å². The third kappa shape index (κ3) is 5.21. The van der Waals surface area contributed by atoms with Crippen LogP contribution in [0.25, 0.3) is 0 Å². The molecular formula is C19H24N4O4S2. The van der Waals surface area contributed by atoms with Gasteiger partial charge in [0.2, 0.25) is 15.9 Å². The maximum atomic E-state index is 12.7. The minimum absolute atomic E-state index is 0.0296. The van der Waals surface area contributed by atoms with Crippen LogP contribution in [-0.2, 0) is 20.6 Å². The molecule has 1 aliphatic rings. The van der Waals surface area contributed by atoms with Gasteiger partial charge in [-0.05, 0) is 23.9 Å². The summed E-state index contributed by atoms with van der Waals surface area (Å²) in [5.74, 6) is -0.875. The number of sulfonamides is 1. The Kier molecular flexibility index (Phi) is 6.68. The van der Waals surface area contributed by atoms with E-state index in [9.17, 15) is 18.0 Å². The van der Waals surface area contributed by atoms with E-state index in [0.29, 0.717) is 31.2 Å². The van der Waals surface area contributed by atoms with Gasteiger partial charge in [0.05, 0.1) is 17.4 Å². The number of primary amides is 1. The van der Waals surface area contributed by atoms with E-state index in [-0.39, 0.29) is 17.2 Å². The highest BCUT2D eigenvalue weighted by Crippen LogP contribution is 2.23. The number of piperazine rings is 1. The molecule has 10 heteroatoms. The van der Waals surface area contributed by atoms with Gasteiger partial charge in [0.15, 0.2) is 0 Å². The van der Waals surface area contributed by atoms with Crippen LogP contribution in [0.5, 0.6) is 0 Å². The Balaban J connectivity index is 1.56. The lowest BCUT2D eigenvalue weighted by Gasteiger charge is -2.36. The number of amides is 2. The first-order valence-electron chi connectivity index (χ1n) is 9.22. The van der Waals surface area contributed by atoms with E-state index in [1.54, 1.807) is 30.5 Å². The number of hydrogen-bond acceptors (Lipinski definition) is 6. The zero-order valence-electron chi connectivity index (χ0n) is 16.1. The van der Waals surface area contributed by atoms with Crippen LogP contribution in [-0.4, -0.2) is 61.7 Å². The molecule has 1 aromatic heterocycles. The Morgan fingerprint density at radius 2 is 1.79 bits per heavy atom. The highest BCUT2D eigenvalue weighted by atomic mass is 32.2. The fraction of sp³-hybridized carbons (Fsp3) is 0.368. The molecule has 2 amide bonds. The highest BCUT2D eigenvalue weighted by Gasteiger charge is 2.31. The zero-order valence-corrected chi connectivity index (χ0v) is 17.7. The molecule has 2 heterocycles. The number of anilines is 1. The third-order valence-corrected chi connectivity index (χ3v) is 7.63. The third-order valence-electron chi connectivity index (χ3n) is 4.95. The van der Waals surface area contributed by atoms with Crippen molar-refractivity contribution in [3.63, 3.8) is 0 Å². The van der Waals surface area contributed by atoms with Gasteiger partial charge in [-0.25, -0.2) is 8.42 Å². The SMILES string of the molecule is C[C@@H](C(=O)Nc1sccc1C(N)=O)N1CCN(S(=O)(=O)Cc2ccccc2)CC1.